The Morgan fingerprint density at radius 2 is 1.73 bits per heavy atom. The molecule has 22 heavy (non-hydrogen) atoms. The first-order chi connectivity index (χ1) is 10.6. The van der Waals surface area contributed by atoms with Crippen molar-refractivity contribution in [2.24, 2.45) is 5.92 Å². The van der Waals surface area contributed by atoms with E-state index in [0.29, 0.717) is 12.0 Å². The number of phenolic OH excluding ortho intramolecular Hbond substituents is 1. The van der Waals surface area contributed by atoms with E-state index in [1.165, 1.54) is 0 Å². The molecule has 0 aliphatic heterocycles. The summed E-state index contributed by atoms with van der Waals surface area (Å²) in [7, 11) is 0. The number of aromatic hydroxyl groups is 1. The zero-order chi connectivity index (χ0) is 15.7. The van der Waals surface area contributed by atoms with Crippen LogP contribution in [0.3, 0.4) is 0 Å². The minimum absolute atomic E-state index is 0.0167. The van der Waals surface area contributed by atoms with E-state index in [1.54, 1.807) is 6.07 Å². The maximum Gasteiger partial charge on any atom is 0.341 e. The van der Waals surface area contributed by atoms with Crippen LogP contribution in [-0.4, -0.2) is 17.7 Å². The van der Waals surface area contributed by atoms with Gasteiger partial charge in [0.2, 0.25) is 0 Å². The van der Waals surface area contributed by atoms with Crippen LogP contribution < -0.4 is 0 Å². The van der Waals surface area contributed by atoms with E-state index in [4.69, 9.17) is 4.74 Å². The lowest BCUT2D eigenvalue weighted by Crippen LogP contribution is -2.10. The van der Waals surface area contributed by atoms with Gasteiger partial charge in [0.25, 0.3) is 0 Å². The van der Waals surface area contributed by atoms with Crippen molar-refractivity contribution in [3.05, 3.63) is 54.1 Å². The average molecular weight is 294 g/mol. The molecule has 1 N–H and O–H groups in total. The Hall–Kier alpha value is -2.55. The lowest BCUT2D eigenvalue weighted by Gasteiger charge is -2.10. The largest absolute Gasteiger partial charge is 0.506 e. The van der Waals surface area contributed by atoms with Gasteiger partial charge in [-0.2, -0.15) is 0 Å². The van der Waals surface area contributed by atoms with Crippen molar-refractivity contribution in [1.29, 1.82) is 0 Å². The average Bonchev–Trinajstić information content (AvgIpc) is 2.51. The van der Waals surface area contributed by atoms with Gasteiger partial charge in [-0.05, 0) is 40.3 Å². The Kier molecular flexibility index (Phi) is 3.72. The number of phenols is 1. The van der Waals surface area contributed by atoms with Gasteiger partial charge in [0.1, 0.15) is 11.3 Å². The van der Waals surface area contributed by atoms with Crippen LogP contribution in [0.25, 0.3) is 21.5 Å². The predicted octanol–water partition coefficient (Wildman–Crippen LogP) is 4.51. The molecule has 0 aliphatic rings. The maximum atomic E-state index is 12.1. The predicted molar refractivity (Wildman–Crippen MR) is 88.2 cm³/mol. The highest BCUT2D eigenvalue weighted by molar-refractivity contribution is 6.06. The summed E-state index contributed by atoms with van der Waals surface area (Å²) in [5.41, 5.74) is 0.212. The number of hydrogen-bond donors (Lipinski definition) is 1. The normalized spacial score (nSPS) is 11.2. The quantitative estimate of drug-likeness (QED) is 0.571. The van der Waals surface area contributed by atoms with Gasteiger partial charge in [-0.15, -0.1) is 0 Å². The van der Waals surface area contributed by atoms with Gasteiger partial charge in [-0.25, -0.2) is 4.79 Å². The van der Waals surface area contributed by atoms with Crippen molar-refractivity contribution in [2.75, 3.05) is 6.61 Å². The number of benzene rings is 3. The highest BCUT2D eigenvalue weighted by atomic mass is 16.5. The number of carbonyl (C=O) groups excluding carboxylic acids is 1. The van der Waals surface area contributed by atoms with E-state index < -0.39 is 5.97 Å². The summed E-state index contributed by atoms with van der Waals surface area (Å²) in [5, 5.41) is 14.1. The fourth-order valence-corrected chi connectivity index (χ4v) is 2.48. The van der Waals surface area contributed by atoms with Gasteiger partial charge in [-0.1, -0.05) is 44.2 Å². The van der Waals surface area contributed by atoms with Gasteiger partial charge in [0.15, 0.2) is 0 Å². The Morgan fingerprint density at radius 1 is 1.05 bits per heavy atom. The SMILES string of the molecule is CC(C)COC(=O)c1ccc2cc3ccccc3cc2c1O. The van der Waals surface area contributed by atoms with Crippen LogP contribution in [0, 0.1) is 5.92 Å². The van der Waals surface area contributed by atoms with Crippen LogP contribution in [0.15, 0.2) is 48.5 Å². The fraction of sp³-hybridized carbons (Fsp3) is 0.211. The van der Waals surface area contributed by atoms with Crippen molar-refractivity contribution >= 4 is 27.5 Å². The van der Waals surface area contributed by atoms with Gasteiger partial charge in [0, 0.05) is 5.39 Å². The summed E-state index contributed by atoms with van der Waals surface area (Å²) >= 11 is 0. The molecule has 3 nitrogen and oxygen atoms in total. The molecule has 3 heteroatoms. The zero-order valence-corrected chi connectivity index (χ0v) is 12.7. The smallest absolute Gasteiger partial charge is 0.341 e. The van der Waals surface area contributed by atoms with E-state index in [0.717, 1.165) is 16.2 Å². The van der Waals surface area contributed by atoms with Crippen molar-refractivity contribution in [1.82, 2.24) is 0 Å². The van der Waals surface area contributed by atoms with Crippen molar-refractivity contribution in [3.63, 3.8) is 0 Å². The maximum absolute atomic E-state index is 12.1. The molecule has 0 unspecified atom stereocenters. The first-order valence-corrected chi connectivity index (χ1v) is 7.38. The van der Waals surface area contributed by atoms with E-state index in [-0.39, 0.29) is 17.2 Å². The van der Waals surface area contributed by atoms with E-state index in [9.17, 15) is 9.90 Å². The molecular formula is C19H18O3. The second kappa shape index (κ2) is 5.68. The summed E-state index contributed by atoms with van der Waals surface area (Å²) in [5.74, 6) is -0.242. The van der Waals surface area contributed by atoms with Crippen LogP contribution in [0.2, 0.25) is 0 Å². The summed E-state index contributed by atoms with van der Waals surface area (Å²) in [4.78, 5) is 12.1. The van der Waals surface area contributed by atoms with E-state index in [2.05, 4.69) is 0 Å². The van der Waals surface area contributed by atoms with E-state index in [1.807, 2.05) is 56.3 Å². The fourth-order valence-electron chi connectivity index (χ4n) is 2.48. The summed E-state index contributed by atoms with van der Waals surface area (Å²) in [6.07, 6.45) is 0. The molecule has 0 spiro atoms. The molecule has 0 aromatic heterocycles. The summed E-state index contributed by atoms with van der Waals surface area (Å²) in [6, 6.07) is 15.3. The lowest BCUT2D eigenvalue weighted by atomic mass is 10.0. The number of rotatable bonds is 3. The second-order valence-corrected chi connectivity index (χ2v) is 5.87. The molecule has 3 aromatic rings. The Labute approximate surface area is 129 Å². The van der Waals surface area contributed by atoms with Crippen LogP contribution in [0.5, 0.6) is 5.75 Å². The second-order valence-electron chi connectivity index (χ2n) is 5.87. The first-order valence-electron chi connectivity index (χ1n) is 7.38. The molecule has 112 valence electrons. The molecule has 0 bridgehead atoms. The molecular weight excluding hydrogens is 276 g/mol. The molecule has 0 atom stereocenters. The minimum atomic E-state index is -0.485. The van der Waals surface area contributed by atoms with Gasteiger partial charge in [-0.3, -0.25) is 0 Å². The highest BCUT2D eigenvalue weighted by Gasteiger charge is 2.16. The zero-order valence-electron chi connectivity index (χ0n) is 12.7. The van der Waals surface area contributed by atoms with Crippen molar-refractivity contribution in [3.8, 4) is 5.75 Å². The lowest BCUT2D eigenvalue weighted by molar-refractivity contribution is 0.0456. The molecule has 0 amide bonds. The van der Waals surface area contributed by atoms with Crippen LogP contribution in [-0.2, 0) is 4.74 Å². The Bertz CT molecular complexity index is 850. The van der Waals surface area contributed by atoms with E-state index >= 15 is 0 Å². The first kappa shape index (κ1) is 14.4. The molecule has 3 rings (SSSR count). The Balaban J connectivity index is 2.08. The number of hydrogen-bond acceptors (Lipinski definition) is 3. The van der Waals surface area contributed by atoms with Crippen molar-refractivity contribution < 1.29 is 14.6 Å². The summed E-state index contributed by atoms with van der Waals surface area (Å²) < 4.78 is 5.21. The third-order valence-corrected chi connectivity index (χ3v) is 3.63. The third kappa shape index (κ3) is 2.62. The van der Waals surface area contributed by atoms with Crippen LogP contribution in [0.4, 0.5) is 0 Å². The molecule has 0 saturated carbocycles. The molecule has 0 saturated heterocycles. The molecule has 0 radical (unpaired) electrons. The number of ether oxygens (including phenoxy) is 1. The van der Waals surface area contributed by atoms with Gasteiger partial charge in [0.05, 0.1) is 6.61 Å². The number of fused-ring (bicyclic) bond motifs is 2. The highest BCUT2D eigenvalue weighted by Crippen LogP contribution is 2.32. The number of esters is 1. The Morgan fingerprint density at radius 3 is 2.41 bits per heavy atom. The number of carbonyl (C=O) groups is 1. The van der Waals surface area contributed by atoms with Gasteiger partial charge < -0.3 is 9.84 Å². The minimum Gasteiger partial charge on any atom is -0.506 e. The summed E-state index contributed by atoms with van der Waals surface area (Å²) in [6.45, 7) is 4.29. The van der Waals surface area contributed by atoms with Gasteiger partial charge >= 0.3 is 5.97 Å². The third-order valence-electron chi connectivity index (χ3n) is 3.63. The van der Waals surface area contributed by atoms with Crippen molar-refractivity contribution in [2.45, 2.75) is 13.8 Å². The molecule has 0 fully saturated rings. The molecule has 0 heterocycles. The molecule has 3 aromatic carbocycles. The monoisotopic (exact) mass is 294 g/mol. The topological polar surface area (TPSA) is 46.5 Å². The molecule has 0 aliphatic carbocycles. The van der Waals surface area contributed by atoms with Crippen LogP contribution in [0.1, 0.15) is 24.2 Å². The van der Waals surface area contributed by atoms with Crippen LogP contribution >= 0.6 is 0 Å². The standard InChI is InChI=1S/C19H18O3/c1-12(2)11-22-19(21)16-8-7-15-9-13-5-3-4-6-14(13)10-17(15)18(16)20/h3-10,12,20H,11H2,1-2H3.